The molecule has 2 aliphatic rings. The fourth-order valence-electron chi connectivity index (χ4n) is 5.76. The van der Waals surface area contributed by atoms with Crippen molar-refractivity contribution in [3.8, 4) is 5.69 Å². The Morgan fingerprint density at radius 1 is 1.07 bits per heavy atom. The summed E-state index contributed by atoms with van der Waals surface area (Å²) in [4.78, 5) is 49.1. The molecule has 0 radical (unpaired) electrons. The third-order valence-electron chi connectivity index (χ3n) is 7.63. The summed E-state index contributed by atoms with van der Waals surface area (Å²) in [5, 5.41) is 5.67. The molecule has 0 saturated heterocycles. The van der Waals surface area contributed by atoms with Gasteiger partial charge in [0.2, 0.25) is 0 Å². The maximum Gasteiger partial charge on any atom is 0.418 e. The molecule has 2 amide bonds. The van der Waals surface area contributed by atoms with Crippen LogP contribution in [-0.2, 0) is 26.9 Å². The number of nitrogens with zero attached hydrogens (tertiary/aromatic N) is 1. The van der Waals surface area contributed by atoms with Crippen LogP contribution in [0, 0.1) is 5.41 Å². The summed E-state index contributed by atoms with van der Waals surface area (Å²) in [5.41, 5.74) is 4.28. The maximum atomic E-state index is 14.0. The summed E-state index contributed by atoms with van der Waals surface area (Å²) in [5.74, 6) is -1.85. The van der Waals surface area contributed by atoms with Gasteiger partial charge in [0, 0.05) is 35.7 Å². The minimum absolute atomic E-state index is 0.0126. The largest absolute Gasteiger partial charge is 0.461 e. The van der Waals surface area contributed by atoms with Crippen LogP contribution in [0.1, 0.15) is 98.7 Å². The normalized spacial score (nSPS) is 20.0. The average molecular weight is 621 g/mol. The van der Waals surface area contributed by atoms with Crippen molar-refractivity contribution in [3.05, 3.63) is 46.8 Å². The van der Waals surface area contributed by atoms with Gasteiger partial charge in [0.15, 0.2) is 5.78 Å². The van der Waals surface area contributed by atoms with E-state index in [0.29, 0.717) is 37.1 Å². The van der Waals surface area contributed by atoms with E-state index >= 15 is 0 Å². The first kappa shape index (κ1) is 32.9. The van der Waals surface area contributed by atoms with Crippen LogP contribution < -0.4 is 16.4 Å². The van der Waals surface area contributed by atoms with Gasteiger partial charge < -0.3 is 30.4 Å². The van der Waals surface area contributed by atoms with Gasteiger partial charge in [-0.05, 0) is 76.5 Å². The monoisotopic (exact) mass is 620 g/mol. The van der Waals surface area contributed by atoms with Gasteiger partial charge in [-0.25, -0.2) is 4.79 Å². The van der Waals surface area contributed by atoms with Crippen LogP contribution in [0.15, 0.2) is 24.4 Å². The Morgan fingerprint density at radius 2 is 1.73 bits per heavy atom. The van der Waals surface area contributed by atoms with Crippen molar-refractivity contribution in [1.82, 2.24) is 9.88 Å². The van der Waals surface area contributed by atoms with Crippen molar-refractivity contribution >= 4 is 29.4 Å². The van der Waals surface area contributed by atoms with Crippen molar-refractivity contribution in [2.24, 2.45) is 11.1 Å². The lowest BCUT2D eigenvalue weighted by Gasteiger charge is -2.31. The molecule has 44 heavy (non-hydrogen) atoms. The number of halogens is 3. The fraction of sp³-hybridized carbons (Fsp3) is 0.548. The molecule has 4 rings (SSSR count). The van der Waals surface area contributed by atoms with Crippen molar-refractivity contribution in [3.63, 3.8) is 0 Å². The number of esters is 1. The number of nitrogens with one attached hydrogen (secondary N) is 2. The van der Waals surface area contributed by atoms with Gasteiger partial charge in [0.05, 0.1) is 16.7 Å². The van der Waals surface area contributed by atoms with E-state index in [1.165, 1.54) is 16.7 Å². The van der Waals surface area contributed by atoms with Gasteiger partial charge in [-0.3, -0.25) is 14.4 Å². The van der Waals surface area contributed by atoms with Crippen LogP contribution in [0.5, 0.6) is 0 Å². The van der Waals surface area contributed by atoms with Crippen LogP contribution >= 0.6 is 0 Å². The zero-order valence-corrected chi connectivity index (χ0v) is 25.5. The summed E-state index contributed by atoms with van der Waals surface area (Å²) in [6.45, 7) is 8.48. The summed E-state index contributed by atoms with van der Waals surface area (Å²) in [7, 11) is 0. The number of ketones is 1. The van der Waals surface area contributed by atoms with Gasteiger partial charge in [-0.2, -0.15) is 13.2 Å². The fourth-order valence-corrected chi connectivity index (χ4v) is 5.76. The molecule has 2 aliphatic carbocycles. The molecule has 13 heteroatoms. The van der Waals surface area contributed by atoms with Gasteiger partial charge >= 0.3 is 18.2 Å². The van der Waals surface area contributed by atoms with Gasteiger partial charge in [0.25, 0.3) is 5.91 Å². The number of ether oxygens (including phenoxy) is 2. The molecule has 0 aliphatic heterocycles. The summed E-state index contributed by atoms with van der Waals surface area (Å²) >= 11 is 0. The molecule has 1 aromatic heterocycles. The maximum absolute atomic E-state index is 14.0. The predicted molar refractivity (Wildman–Crippen MR) is 156 cm³/mol. The molecular formula is C31H39F3N4O6. The van der Waals surface area contributed by atoms with Crippen LogP contribution in [0.25, 0.3) is 5.69 Å². The number of hydrogen-bond acceptors (Lipinski definition) is 7. The molecular weight excluding hydrogens is 581 g/mol. The zero-order chi connectivity index (χ0) is 32.6. The standard InChI is InChI=1S/C31H39F3N4O6/c1-29(2,3)44-28(42)36-15-25(40)43-19-9-6-17(7-10-19)37-22-12-18(8-11-20(22)27(35)41)38-16-21(31(32,33)34)26-23(38)13-30(4,5)14-24(26)39/h8,11-12,16-17,19,37H,6-7,9-10,13-15H2,1-5H3,(H2,35,41)(H,36,42). The first-order valence-corrected chi connectivity index (χ1v) is 14.5. The van der Waals surface area contributed by atoms with E-state index in [-0.39, 0.29) is 48.4 Å². The number of carbonyl (C=O) groups excluding carboxylic acids is 4. The highest BCUT2D eigenvalue weighted by Crippen LogP contribution is 2.43. The number of Topliss-reactive ketones (excluding diaryl/α,β-unsaturated/α-hetero) is 1. The number of primary amides is 1. The second kappa shape index (κ2) is 12.2. The highest BCUT2D eigenvalue weighted by atomic mass is 19.4. The Morgan fingerprint density at radius 3 is 2.32 bits per heavy atom. The van der Waals surface area contributed by atoms with E-state index in [2.05, 4.69) is 10.6 Å². The Balaban J connectivity index is 1.48. The molecule has 0 bridgehead atoms. The second-order valence-electron chi connectivity index (χ2n) is 13.2. The lowest BCUT2D eigenvalue weighted by atomic mass is 9.75. The zero-order valence-electron chi connectivity index (χ0n) is 25.5. The topological polar surface area (TPSA) is 142 Å². The van der Waals surface area contributed by atoms with E-state index in [1.54, 1.807) is 26.8 Å². The lowest BCUT2D eigenvalue weighted by Crippen LogP contribution is -2.38. The van der Waals surface area contributed by atoms with Gasteiger partial charge in [0.1, 0.15) is 18.2 Å². The van der Waals surface area contributed by atoms with E-state index in [9.17, 15) is 32.3 Å². The molecule has 4 N–H and O–H groups in total. The molecule has 1 saturated carbocycles. The quantitative estimate of drug-likeness (QED) is 0.345. The number of anilines is 1. The number of aromatic nitrogens is 1. The highest BCUT2D eigenvalue weighted by molar-refractivity contribution is 6.01. The molecule has 1 aromatic carbocycles. The van der Waals surface area contributed by atoms with E-state index in [1.807, 2.05) is 13.8 Å². The highest BCUT2D eigenvalue weighted by Gasteiger charge is 2.43. The number of hydrogen-bond donors (Lipinski definition) is 3. The Labute approximate surface area is 253 Å². The van der Waals surface area contributed by atoms with Crippen LogP contribution in [0.4, 0.5) is 23.7 Å². The number of alkyl halides is 3. The summed E-state index contributed by atoms with van der Waals surface area (Å²) < 4.78 is 53.9. The molecule has 240 valence electrons. The van der Waals surface area contributed by atoms with E-state index in [4.69, 9.17) is 15.2 Å². The van der Waals surface area contributed by atoms with E-state index < -0.39 is 46.5 Å². The van der Waals surface area contributed by atoms with Crippen molar-refractivity contribution in [2.45, 2.75) is 97.1 Å². The summed E-state index contributed by atoms with van der Waals surface area (Å²) in [6.07, 6.45) is -2.41. The summed E-state index contributed by atoms with van der Waals surface area (Å²) in [6, 6.07) is 4.41. The lowest BCUT2D eigenvalue weighted by molar-refractivity contribution is -0.149. The number of carbonyl (C=O) groups is 4. The molecule has 1 fully saturated rings. The smallest absolute Gasteiger partial charge is 0.418 e. The minimum atomic E-state index is -4.71. The van der Waals surface area contributed by atoms with Crippen molar-refractivity contribution in [2.75, 3.05) is 11.9 Å². The van der Waals surface area contributed by atoms with Crippen LogP contribution in [-0.4, -0.2) is 52.6 Å². The molecule has 2 aromatic rings. The number of benzene rings is 1. The van der Waals surface area contributed by atoms with Crippen molar-refractivity contribution in [1.29, 1.82) is 0 Å². The SMILES string of the molecule is CC1(C)CC(=O)c2c(C(F)(F)F)cn(-c3ccc(C(N)=O)c(NC4CCC(OC(=O)CNC(=O)OC(C)(C)C)CC4)c3)c2C1. The molecule has 0 unspecified atom stereocenters. The predicted octanol–water partition coefficient (Wildman–Crippen LogP) is 5.54. The van der Waals surface area contributed by atoms with E-state index in [0.717, 1.165) is 6.20 Å². The first-order valence-electron chi connectivity index (χ1n) is 14.5. The Bertz CT molecular complexity index is 1450. The third kappa shape index (κ3) is 7.92. The number of amides is 2. The number of fused-ring (bicyclic) bond motifs is 1. The first-order chi connectivity index (χ1) is 20.3. The second-order valence-corrected chi connectivity index (χ2v) is 13.2. The number of alkyl carbamates (subject to hydrolysis) is 1. The van der Waals surface area contributed by atoms with Gasteiger partial charge in [-0.15, -0.1) is 0 Å². The average Bonchev–Trinajstić information content (AvgIpc) is 3.27. The number of nitrogens with two attached hydrogens (primary N) is 1. The number of rotatable bonds is 7. The third-order valence-corrected chi connectivity index (χ3v) is 7.63. The molecule has 10 nitrogen and oxygen atoms in total. The minimum Gasteiger partial charge on any atom is -0.461 e. The van der Waals surface area contributed by atoms with Crippen molar-refractivity contribution < 1.29 is 41.8 Å². The molecule has 0 atom stereocenters. The van der Waals surface area contributed by atoms with Crippen LogP contribution in [0.2, 0.25) is 0 Å². The Hall–Kier alpha value is -4.03. The van der Waals surface area contributed by atoms with Gasteiger partial charge in [-0.1, -0.05) is 13.8 Å². The van der Waals surface area contributed by atoms with Crippen LogP contribution in [0.3, 0.4) is 0 Å². The molecule has 0 spiro atoms. The molecule has 1 heterocycles. The Kier molecular flexibility index (Phi) is 9.09.